The van der Waals surface area contributed by atoms with Gasteiger partial charge in [-0.15, -0.1) is 10.2 Å². The lowest BCUT2D eigenvalue weighted by Gasteiger charge is -2.72. The number of nitriles is 1. The smallest absolute Gasteiger partial charge is 0.309 e. The van der Waals surface area contributed by atoms with Gasteiger partial charge in [0.25, 0.3) is 0 Å². The van der Waals surface area contributed by atoms with Gasteiger partial charge in [-0.05, 0) is 128 Å². The number of hydrogen-bond acceptors (Lipinski definition) is 10. The Labute approximate surface area is 343 Å². The molecule has 12 nitrogen and oxygen atoms in total. The number of ether oxygens (including phenoxy) is 1. The number of fused-ring (bicyclic) bond motifs is 7. The molecule has 0 unspecified atom stereocenters. The van der Waals surface area contributed by atoms with Crippen molar-refractivity contribution in [3.63, 3.8) is 0 Å². The largest absolute Gasteiger partial charge is 0.481 e. The summed E-state index contributed by atoms with van der Waals surface area (Å²) >= 11 is 0. The van der Waals surface area contributed by atoms with Gasteiger partial charge in [-0.25, -0.2) is 0 Å². The monoisotopic (exact) mass is 796 g/mol. The predicted molar refractivity (Wildman–Crippen MR) is 217 cm³/mol. The molecule has 2 aromatic heterocycles. The fourth-order valence-corrected chi connectivity index (χ4v) is 13.7. The van der Waals surface area contributed by atoms with Gasteiger partial charge in [-0.1, -0.05) is 48.5 Å². The Morgan fingerprint density at radius 1 is 1.02 bits per heavy atom. The van der Waals surface area contributed by atoms with Gasteiger partial charge in [0.1, 0.15) is 24.0 Å². The molecule has 5 aliphatic rings. The zero-order valence-corrected chi connectivity index (χ0v) is 36.0. The van der Waals surface area contributed by atoms with Crippen molar-refractivity contribution < 1.29 is 29.3 Å². The Kier molecular flexibility index (Phi) is 10.4. The van der Waals surface area contributed by atoms with E-state index in [0.29, 0.717) is 47.7 Å². The first-order chi connectivity index (χ1) is 27.1. The van der Waals surface area contributed by atoms with Crippen molar-refractivity contribution in [1.29, 1.82) is 5.26 Å². The zero-order valence-electron chi connectivity index (χ0n) is 36.0. The summed E-state index contributed by atoms with van der Waals surface area (Å²) in [6, 6.07) is 5.52. The second-order valence-electron chi connectivity index (χ2n) is 20.8. The topological polar surface area (TPSA) is 194 Å². The lowest BCUT2D eigenvalue weighted by molar-refractivity contribution is -0.235. The molecule has 314 valence electrons. The second kappa shape index (κ2) is 14.4. The molecule has 0 spiro atoms. The molecule has 0 bridgehead atoms. The minimum absolute atomic E-state index is 0.00195. The number of nitrogens with zero attached hydrogens (tertiary/aromatic N) is 5. The lowest BCUT2D eigenvalue weighted by Crippen LogP contribution is -2.66. The molecule has 0 saturated heterocycles. The van der Waals surface area contributed by atoms with E-state index in [2.05, 4.69) is 69.7 Å². The molecular formula is C46H64N6O6. The highest BCUT2D eigenvalue weighted by molar-refractivity contribution is 6.00. The number of allylic oxidation sites excluding steroid dienone is 1. The Morgan fingerprint density at radius 2 is 1.74 bits per heavy atom. The SMILES string of the molecule is CC(C)C1=C2[C@H]3CC[C@@H]4[C@@]5(C)CC[C@H](OC(=O)CC(C)(C)C(=O)O)C(C)(C)[C@@H]5CC[C@@]4(C)[C@]3(C)CC[C@@]2([C@@H](O)c2nnc(-c3ccc(C#N)cn3)n2CCN)CC1=O. The maximum Gasteiger partial charge on any atom is 0.309 e. The maximum atomic E-state index is 14.4. The number of hydrogen-bond donors (Lipinski definition) is 3. The zero-order chi connectivity index (χ0) is 42.4. The van der Waals surface area contributed by atoms with Crippen LogP contribution in [-0.4, -0.2) is 60.3 Å². The van der Waals surface area contributed by atoms with Crippen molar-refractivity contribution in [2.24, 2.45) is 61.9 Å². The number of Topliss-reactive ketones (excluding diaryl/α,β-unsaturated/α-hetero) is 1. The molecule has 0 aliphatic heterocycles. The van der Waals surface area contributed by atoms with Crippen molar-refractivity contribution in [2.45, 2.75) is 145 Å². The van der Waals surface area contributed by atoms with Crippen molar-refractivity contribution in [3.8, 4) is 17.6 Å². The van der Waals surface area contributed by atoms with Gasteiger partial charge in [-0.3, -0.25) is 19.4 Å². The van der Waals surface area contributed by atoms with Gasteiger partial charge in [0.05, 0.1) is 17.4 Å². The molecule has 0 amide bonds. The van der Waals surface area contributed by atoms with E-state index in [1.807, 2.05) is 4.57 Å². The highest BCUT2D eigenvalue weighted by Crippen LogP contribution is 2.77. The number of aliphatic hydroxyl groups is 1. The first-order valence-corrected chi connectivity index (χ1v) is 21.5. The van der Waals surface area contributed by atoms with E-state index < -0.39 is 28.9 Å². The number of aliphatic hydroxyl groups excluding tert-OH is 1. The van der Waals surface area contributed by atoms with Gasteiger partial charge in [-0.2, -0.15) is 5.26 Å². The van der Waals surface area contributed by atoms with E-state index in [9.17, 15) is 29.9 Å². The average Bonchev–Trinajstić information content (AvgIpc) is 3.71. The van der Waals surface area contributed by atoms with Crippen LogP contribution in [0.4, 0.5) is 0 Å². The van der Waals surface area contributed by atoms with Crippen LogP contribution in [0.1, 0.15) is 144 Å². The summed E-state index contributed by atoms with van der Waals surface area (Å²) < 4.78 is 8.02. The van der Waals surface area contributed by atoms with Crippen LogP contribution in [0.5, 0.6) is 0 Å². The number of aromatic nitrogens is 4. The molecule has 9 atom stereocenters. The van der Waals surface area contributed by atoms with Crippen molar-refractivity contribution in [1.82, 2.24) is 19.7 Å². The number of nitrogens with two attached hydrogens (primary N) is 1. The fraction of sp³-hybridized carbons (Fsp3) is 0.717. The summed E-state index contributed by atoms with van der Waals surface area (Å²) in [5.74, 6) is 0.357. The number of pyridine rings is 1. The van der Waals surface area contributed by atoms with E-state index in [1.54, 1.807) is 26.0 Å². The molecule has 4 N–H and O–H groups in total. The number of carboxylic acid groups (broad SMARTS) is 1. The number of carbonyl (C=O) groups is 3. The third-order valence-corrected chi connectivity index (χ3v) is 16.9. The van der Waals surface area contributed by atoms with E-state index >= 15 is 0 Å². The molecule has 4 fully saturated rings. The lowest BCUT2D eigenvalue weighted by atomic mass is 9.33. The summed E-state index contributed by atoms with van der Waals surface area (Å²) in [6.45, 7) is 20.0. The Balaban J connectivity index is 1.22. The average molecular weight is 797 g/mol. The molecule has 2 aromatic rings. The van der Waals surface area contributed by atoms with Crippen LogP contribution < -0.4 is 5.73 Å². The number of esters is 1. The van der Waals surface area contributed by atoms with Crippen LogP contribution >= 0.6 is 0 Å². The molecule has 2 heterocycles. The molecule has 4 saturated carbocycles. The van der Waals surface area contributed by atoms with Crippen LogP contribution in [-0.2, 0) is 25.7 Å². The molecule has 58 heavy (non-hydrogen) atoms. The summed E-state index contributed by atoms with van der Waals surface area (Å²) in [7, 11) is 0. The van der Waals surface area contributed by atoms with E-state index in [-0.39, 0.29) is 64.8 Å². The number of rotatable bonds is 10. The normalized spacial score (nSPS) is 34.7. The molecule has 12 heteroatoms. The molecular weight excluding hydrogens is 733 g/mol. The molecule has 5 aliphatic carbocycles. The number of aliphatic carboxylic acids is 1. The summed E-state index contributed by atoms with van der Waals surface area (Å²) in [4.78, 5) is 43.8. The first kappa shape index (κ1) is 42.2. The first-order valence-electron chi connectivity index (χ1n) is 21.5. The Hall–Kier alpha value is -3.95. The number of carbonyl (C=O) groups excluding carboxylic acids is 2. The minimum atomic E-state index is -1.19. The third-order valence-electron chi connectivity index (χ3n) is 16.9. The highest BCUT2D eigenvalue weighted by Gasteiger charge is 2.71. The molecule has 7 rings (SSSR count). The van der Waals surface area contributed by atoms with Crippen LogP contribution in [0.15, 0.2) is 29.5 Å². The fourth-order valence-electron chi connectivity index (χ4n) is 13.7. The van der Waals surface area contributed by atoms with Gasteiger partial charge in [0.15, 0.2) is 17.4 Å². The van der Waals surface area contributed by atoms with Crippen LogP contribution in [0, 0.1) is 67.5 Å². The van der Waals surface area contributed by atoms with Gasteiger partial charge in [0, 0.05) is 36.5 Å². The van der Waals surface area contributed by atoms with E-state index in [0.717, 1.165) is 56.1 Å². The summed E-state index contributed by atoms with van der Waals surface area (Å²) in [6.07, 6.45) is 7.31. The third kappa shape index (κ3) is 6.11. The quantitative estimate of drug-likeness (QED) is 0.201. The second-order valence-corrected chi connectivity index (χ2v) is 20.8. The standard InChI is InChI=1S/C46H64N6O6/c1-26(2)35-30(53)22-46(37(55)39-51-50-38(52(39)21-20-47)29-12-10-27(24-48)25-49-29)19-18-44(8)28(36(35)46)11-13-32-43(7)16-15-33(58-34(54)23-41(3,4)40(56)57)42(5,6)31(43)14-17-45(32,44)9/h10,12,25-26,28,31-33,37,55H,11,13-23,47H2,1-9H3,(H,56,57)/t28-,31+,32-,33+,37+,43+,44-,45-,46-/m1/s1. The van der Waals surface area contributed by atoms with E-state index in [1.165, 1.54) is 6.20 Å². The summed E-state index contributed by atoms with van der Waals surface area (Å²) in [5.41, 5.74) is 6.63. The predicted octanol–water partition coefficient (Wildman–Crippen LogP) is 7.60. The van der Waals surface area contributed by atoms with Gasteiger partial charge in [0.2, 0.25) is 0 Å². The number of ketones is 1. The van der Waals surface area contributed by atoms with Crippen molar-refractivity contribution in [3.05, 3.63) is 40.9 Å². The summed E-state index contributed by atoms with van der Waals surface area (Å²) in [5, 5.41) is 40.9. The van der Waals surface area contributed by atoms with Gasteiger partial charge < -0.3 is 25.3 Å². The van der Waals surface area contributed by atoms with Crippen molar-refractivity contribution in [2.75, 3.05) is 6.54 Å². The van der Waals surface area contributed by atoms with Crippen LogP contribution in [0.3, 0.4) is 0 Å². The maximum absolute atomic E-state index is 14.4. The van der Waals surface area contributed by atoms with Crippen LogP contribution in [0.25, 0.3) is 11.5 Å². The molecule has 0 aromatic carbocycles. The Bertz CT molecular complexity index is 2060. The Morgan fingerprint density at radius 3 is 2.36 bits per heavy atom. The van der Waals surface area contributed by atoms with Crippen molar-refractivity contribution >= 4 is 17.7 Å². The van der Waals surface area contributed by atoms with Crippen LogP contribution in [0.2, 0.25) is 0 Å². The number of carboxylic acids is 1. The van der Waals surface area contributed by atoms with Gasteiger partial charge >= 0.3 is 11.9 Å². The highest BCUT2D eigenvalue weighted by atomic mass is 16.5. The minimum Gasteiger partial charge on any atom is -0.481 e. The molecule has 0 radical (unpaired) electrons. The van der Waals surface area contributed by atoms with E-state index in [4.69, 9.17) is 10.5 Å².